The third-order valence-electron chi connectivity index (χ3n) is 5.60. The van der Waals surface area contributed by atoms with Crippen LogP contribution in [0, 0.1) is 0 Å². The Morgan fingerprint density at radius 1 is 1.12 bits per heavy atom. The monoisotopic (exact) mass is 481 g/mol. The van der Waals surface area contributed by atoms with Crippen LogP contribution in [-0.4, -0.2) is 34.3 Å². The Morgan fingerprint density at radius 3 is 2.58 bits per heavy atom. The molecule has 1 aliphatic heterocycles. The Morgan fingerprint density at radius 2 is 1.88 bits per heavy atom. The second kappa shape index (κ2) is 10.4. The van der Waals surface area contributed by atoms with Crippen LogP contribution in [0.25, 0.3) is 0 Å². The van der Waals surface area contributed by atoms with Gasteiger partial charge in [-0.3, -0.25) is 9.59 Å². The van der Waals surface area contributed by atoms with Crippen LogP contribution in [0.1, 0.15) is 37.5 Å². The predicted molar refractivity (Wildman–Crippen MR) is 136 cm³/mol. The molecule has 0 aliphatic carbocycles. The maximum Gasteiger partial charge on any atom is 0.234 e. The molecular weight excluding hydrogens is 454 g/mol. The third kappa shape index (κ3) is 5.36. The molecule has 0 atom stereocenters. The topological polar surface area (TPSA) is 87.2 Å². The Bertz CT molecular complexity index is 1160. The summed E-state index contributed by atoms with van der Waals surface area (Å²) >= 11 is 2.81. The van der Waals surface area contributed by atoms with Gasteiger partial charge in [0.25, 0.3) is 0 Å². The van der Waals surface area contributed by atoms with Crippen molar-refractivity contribution >= 4 is 57.1 Å². The Balaban J connectivity index is 1.34. The lowest BCUT2D eigenvalue weighted by Crippen LogP contribution is -2.25. The first kappa shape index (κ1) is 23.3. The van der Waals surface area contributed by atoms with Crippen LogP contribution in [-0.2, 0) is 28.9 Å². The lowest BCUT2D eigenvalue weighted by Gasteiger charge is -2.15. The molecular formula is C24H27N5O2S2. The summed E-state index contributed by atoms with van der Waals surface area (Å²) in [5, 5.41) is 15.6. The largest absolute Gasteiger partial charge is 0.330 e. The molecule has 1 aliphatic rings. The maximum atomic E-state index is 12.5. The van der Waals surface area contributed by atoms with Crippen molar-refractivity contribution in [3.63, 3.8) is 0 Å². The highest BCUT2D eigenvalue weighted by atomic mass is 32.2. The molecule has 1 aromatic heterocycles. The molecule has 0 saturated heterocycles. The van der Waals surface area contributed by atoms with Crippen LogP contribution >= 0.6 is 23.1 Å². The summed E-state index contributed by atoms with van der Waals surface area (Å²) in [7, 11) is 0. The van der Waals surface area contributed by atoms with E-state index in [2.05, 4.69) is 52.9 Å². The first-order chi connectivity index (χ1) is 16.0. The Kier molecular flexibility index (Phi) is 7.29. The minimum Gasteiger partial charge on any atom is -0.330 e. The SMILES string of the molecule is CCc1cccc(CC)c1Nc1nnc(SCC(=O)Nc2ccc3c(c2)CCN3C(C)=O)s1. The minimum atomic E-state index is -0.101. The number of anilines is 4. The van der Waals surface area contributed by atoms with Crippen molar-refractivity contribution in [2.45, 2.75) is 44.4 Å². The molecule has 0 bridgehead atoms. The highest BCUT2D eigenvalue weighted by molar-refractivity contribution is 8.01. The van der Waals surface area contributed by atoms with Gasteiger partial charge in [-0.1, -0.05) is 55.1 Å². The zero-order valence-electron chi connectivity index (χ0n) is 19.0. The zero-order valence-corrected chi connectivity index (χ0v) is 20.6. The summed E-state index contributed by atoms with van der Waals surface area (Å²) in [6.45, 7) is 6.54. The number of carbonyl (C=O) groups excluding carboxylic acids is 2. The summed E-state index contributed by atoms with van der Waals surface area (Å²) in [5.74, 6) is 0.185. The van der Waals surface area contributed by atoms with Gasteiger partial charge in [-0.25, -0.2) is 0 Å². The van der Waals surface area contributed by atoms with Crippen molar-refractivity contribution in [1.29, 1.82) is 0 Å². The fourth-order valence-electron chi connectivity index (χ4n) is 3.96. The van der Waals surface area contributed by atoms with Crippen LogP contribution in [0.5, 0.6) is 0 Å². The molecule has 2 N–H and O–H groups in total. The molecule has 0 unspecified atom stereocenters. The molecule has 0 radical (unpaired) electrons. The number of hydrogen-bond acceptors (Lipinski definition) is 7. The van der Waals surface area contributed by atoms with Gasteiger partial charge in [0.2, 0.25) is 16.9 Å². The van der Waals surface area contributed by atoms with Crippen molar-refractivity contribution < 1.29 is 9.59 Å². The lowest BCUT2D eigenvalue weighted by molar-refractivity contribution is -0.116. The fourth-order valence-corrected chi connectivity index (χ4v) is 5.52. The van der Waals surface area contributed by atoms with E-state index in [0.29, 0.717) is 6.54 Å². The molecule has 3 aromatic rings. The quantitative estimate of drug-likeness (QED) is 0.438. The van der Waals surface area contributed by atoms with Crippen LogP contribution in [0.15, 0.2) is 40.7 Å². The van der Waals surface area contributed by atoms with Crippen LogP contribution < -0.4 is 15.5 Å². The van der Waals surface area contributed by atoms with Crippen molar-refractivity contribution in [2.75, 3.05) is 27.8 Å². The highest BCUT2D eigenvalue weighted by Crippen LogP contribution is 2.32. The zero-order chi connectivity index (χ0) is 23.4. The van der Waals surface area contributed by atoms with Crippen molar-refractivity contribution in [1.82, 2.24) is 10.2 Å². The number of carbonyl (C=O) groups is 2. The van der Waals surface area contributed by atoms with E-state index in [1.54, 1.807) is 11.8 Å². The van der Waals surface area contributed by atoms with Gasteiger partial charge < -0.3 is 15.5 Å². The molecule has 0 saturated carbocycles. The molecule has 2 amide bonds. The number of aryl methyl sites for hydroxylation is 2. The number of nitrogens with zero attached hydrogens (tertiary/aromatic N) is 3. The Hall–Kier alpha value is -2.91. The second-order valence-corrected chi connectivity index (χ2v) is 9.96. The van der Waals surface area contributed by atoms with Gasteiger partial charge in [-0.05, 0) is 54.2 Å². The smallest absolute Gasteiger partial charge is 0.234 e. The van der Waals surface area contributed by atoms with E-state index in [1.165, 1.54) is 34.2 Å². The summed E-state index contributed by atoms with van der Waals surface area (Å²) in [4.78, 5) is 25.9. The molecule has 0 fully saturated rings. The van der Waals surface area contributed by atoms with E-state index < -0.39 is 0 Å². The maximum absolute atomic E-state index is 12.5. The number of fused-ring (bicyclic) bond motifs is 1. The van der Waals surface area contributed by atoms with E-state index in [4.69, 9.17) is 0 Å². The predicted octanol–water partition coefficient (Wildman–Crippen LogP) is 5.05. The normalized spacial score (nSPS) is 12.5. The van der Waals surface area contributed by atoms with Gasteiger partial charge in [-0.15, -0.1) is 10.2 Å². The van der Waals surface area contributed by atoms with E-state index in [0.717, 1.165) is 51.4 Å². The van der Waals surface area contributed by atoms with Crippen LogP contribution in [0.3, 0.4) is 0 Å². The first-order valence-electron chi connectivity index (χ1n) is 11.0. The molecule has 4 rings (SSSR count). The highest BCUT2D eigenvalue weighted by Gasteiger charge is 2.22. The number of benzene rings is 2. The Labute approximate surface area is 202 Å². The lowest BCUT2D eigenvalue weighted by atomic mass is 10.0. The average Bonchev–Trinajstić information content (AvgIpc) is 3.44. The van der Waals surface area contributed by atoms with E-state index in [1.807, 2.05) is 18.2 Å². The van der Waals surface area contributed by atoms with Crippen LogP contribution in [0.2, 0.25) is 0 Å². The molecule has 2 heterocycles. The summed E-state index contributed by atoms with van der Waals surface area (Å²) in [6.07, 6.45) is 2.67. The van der Waals surface area contributed by atoms with Crippen molar-refractivity contribution in [3.8, 4) is 0 Å². The molecule has 0 spiro atoms. The van der Waals surface area contributed by atoms with Crippen LogP contribution in [0.4, 0.5) is 22.2 Å². The van der Waals surface area contributed by atoms with E-state index in [-0.39, 0.29) is 17.6 Å². The number of nitrogens with one attached hydrogen (secondary N) is 2. The van der Waals surface area contributed by atoms with Crippen molar-refractivity contribution in [3.05, 3.63) is 53.1 Å². The standard InChI is InChI=1S/C24H27N5O2S2/c1-4-16-7-6-8-17(5-2)22(16)26-23-27-28-24(33-23)32-14-21(31)25-19-9-10-20-18(13-19)11-12-29(20)15(3)30/h6-10,13H,4-5,11-12,14H2,1-3H3,(H,25,31)(H,26,27). The van der Waals surface area contributed by atoms with Gasteiger partial charge in [0.1, 0.15) is 0 Å². The van der Waals surface area contributed by atoms with E-state index >= 15 is 0 Å². The van der Waals surface area contributed by atoms with Gasteiger partial charge in [0, 0.05) is 30.5 Å². The average molecular weight is 482 g/mol. The number of thioether (sulfide) groups is 1. The molecule has 33 heavy (non-hydrogen) atoms. The van der Waals surface area contributed by atoms with Gasteiger partial charge >= 0.3 is 0 Å². The second-order valence-electron chi connectivity index (χ2n) is 7.76. The molecule has 172 valence electrons. The molecule has 7 nitrogen and oxygen atoms in total. The first-order valence-corrected chi connectivity index (χ1v) is 12.8. The third-order valence-corrected chi connectivity index (χ3v) is 7.57. The number of para-hydroxylation sites is 1. The molecule has 9 heteroatoms. The van der Waals surface area contributed by atoms with Gasteiger partial charge in [-0.2, -0.15) is 0 Å². The number of rotatable bonds is 8. The minimum absolute atomic E-state index is 0.0388. The number of amides is 2. The van der Waals surface area contributed by atoms with Gasteiger partial charge in [0.15, 0.2) is 4.34 Å². The van der Waals surface area contributed by atoms with Gasteiger partial charge in [0.05, 0.1) is 5.75 Å². The molecule has 2 aromatic carbocycles. The van der Waals surface area contributed by atoms with Crippen molar-refractivity contribution in [2.24, 2.45) is 0 Å². The summed E-state index contributed by atoms with van der Waals surface area (Å²) < 4.78 is 0.741. The summed E-state index contributed by atoms with van der Waals surface area (Å²) in [5.41, 5.74) is 6.35. The fraction of sp³-hybridized carbons (Fsp3) is 0.333. The number of hydrogen-bond donors (Lipinski definition) is 2. The summed E-state index contributed by atoms with van der Waals surface area (Å²) in [6, 6.07) is 12.0. The van der Waals surface area contributed by atoms with E-state index in [9.17, 15) is 9.59 Å². The number of aromatic nitrogens is 2.